The van der Waals surface area contributed by atoms with Crippen LogP contribution in [0.4, 0.5) is 19.0 Å². The van der Waals surface area contributed by atoms with Crippen LogP contribution in [0.25, 0.3) is 0 Å². The predicted octanol–water partition coefficient (Wildman–Crippen LogP) is 5.55. The second-order valence-electron chi connectivity index (χ2n) is 5.86. The maximum atomic E-state index is 13.0. The molecule has 0 aliphatic carbocycles. The van der Waals surface area contributed by atoms with Crippen LogP contribution in [-0.2, 0) is 19.8 Å². The summed E-state index contributed by atoms with van der Waals surface area (Å²) in [7, 11) is 1.03. The summed E-state index contributed by atoms with van der Waals surface area (Å²) in [5.41, 5.74) is -1.07. The van der Waals surface area contributed by atoms with E-state index in [4.69, 9.17) is 46.4 Å². The molecule has 0 fully saturated rings. The molecule has 2 aromatic heterocycles. The number of amides is 1. The number of hydrogen-bond donors (Lipinski definition) is 1. The summed E-state index contributed by atoms with van der Waals surface area (Å²) >= 11 is 23.6. The van der Waals surface area contributed by atoms with Gasteiger partial charge in [0.1, 0.15) is 10.0 Å². The van der Waals surface area contributed by atoms with Gasteiger partial charge in [-0.3, -0.25) is 14.2 Å². The third kappa shape index (κ3) is 4.63. The van der Waals surface area contributed by atoms with Crippen molar-refractivity contribution in [2.75, 3.05) is 5.32 Å². The monoisotopic (exact) mass is 485 g/mol. The molecule has 0 saturated carbocycles. The number of carbonyl (C=O) groups is 1. The Kier molecular flexibility index (Phi) is 6.05. The number of carbonyl (C=O) groups excluding carboxylic acids is 1. The molecule has 0 bridgehead atoms. The number of nitrogens with zero attached hydrogens (tertiary/aromatic N) is 4. The molecule has 0 saturated heterocycles. The van der Waals surface area contributed by atoms with E-state index in [1.165, 1.54) is 10.9 Å². The number of aromatic nitrogens is 4. The molecule has 154 valence electrons. The van der Waals surface area contributed by atoms with Gasteiger partial charge < -0.3 is 5.32 Å². The molecule has 0 radical (unpaired) electrons. The Bertz CT molecular complexity index is 1090. The molecule has 1 N–H and O–H groups in total. The van der Waals surface area contributed by atoms with Gasteiger partial charge in [-0.15, -0.1) is 0 Å². The van der Waals surface area contributed by atoms with Gasteiger partial charge in [0.2, 0.25) is 0 Å². The Balaban J connectivity index is 1.81. The minimum absolute atomic E-state index is 0.0630. The molecule has 1 amide bonds. The molecular weight excluding hydrogens is 477 g/mol. The Morgan fingerprint density at radius 2 is 1.79 bits per heavy atom. The highest BCUT2D eigenvalue weighted by Crippen LogP contribution is 2.36. The molecule has 0 unspecified atom stereocenters. The summed E-state index contributed by atoms with van der Waals surface area (Å²) in [4.78, 5) is 12.4. The standard InChI is InChI=1S/C16H10Cl4F3N5O/c1-27-13(16(21,22)23)11(20)12(25-27)15(29)24-14-10(19)6-28(26-14)5-7-2-3-8(17)9(18)4-7/h2-4,6H,5H2,1H3,(H,24,26,29). The fraction of sp³-hybridized carbons (Fsp3) is 0.188. The van der Waals surface area contributed by atoms with Gasteiger partial charge in [-0.2, -0.15) is 23.4 Å². The van der Waals surface area contributed by atoms with Gasteiger partial charge in [0, 0.05) is 13.2 Å². The number of alkyl halides is 3. The molecule has 3 rings (SSSR count). The third-order valence-corrected chi connectivity index (χ3v) is 5.12. The average Bonchev–Trinajstić information content (AvgIpc) is 3.09. The number of halogens is 7. The lowest BCUT2D eigenvalue weighted by Crippen LogP contribution is -2.14. The van der Waals surface area contributed by atoms with E-state index >= 15 is 0 Å². The van der Waals surface area contributed by atoms with Crippen LogP contribution >= 0.6 is 46.4 Å². The lowest BCUT2D eigenvalue weighted by Gasteiger charge is -2.06. The van der Waals surface area contributed by atoms with Crippen molar-refractivity contribution in [3.05, 3.63) is 61.4 Å². The Labute approximate surface area is 182 Å². The van der Waals surface area contributed by atoms with Crippen LogP contribution < -0.4 is 5.32 Å². The number of anilines is 1. The largest absolute Gasteiger partial charge is 0.434 e. The second-order valence-corrected chi connectivity index (χ2v) is 7.46. The number of nitrogens with one attached hydrogen (secondary N) is 1. The first-order valence-electron chi connectivity index (χ1n) is 7.75. The third-order valence-electron chi connectivity index (χ3n) is 3.75. The van der Waals surface area contributed by atoms with Crippen molar-refractivity contribution in [1.82, 2.24) is 19.6 Å². The van der Waals surface area contributed by atoms with E-state index in [0.29, 0.717) is 14.7 Å². The first-order chi connectivity index (χ1) is 13.5. The molecule has 1 aromatic carbocycles. The number of hydrogen-bond acceptors (Lipinski definition) is 3. The Morgan fingerprint density at radius 1 is 1.10 bits per heavy atom. The summed E-state index contributed by atoms with van der Waals surface area (Å²) in [6.45, 7) is 0.259. The second kappa shape index (κ2) is 8.06. The predicted molar refractivity (Wildman–Crippen MR) is 104 cm³/mol. The first kappa shape index (κ1) is 21.8. The van der Waals surface area contributed by atoms with E-state index in [2.05, 4.69) is 15.5 Å². The Morgan fingerprint density at radius 3 is 2.38 bits per heavy atom. The van der Waals surface area contributed by atoms with E-state index in [1.54, 1.807) is 18.2 Å². The zero-order chi connectivity index (χ0) is 21.5. The van der Waals surface area contributed by atoms with Gasteiger partial charge in [-0.1, -0.05) is 52.5 Å². The van der Waals surface area contributed by atoms with Crippen molar-refractivity contribution in [1.29, 1.82) is 0 Å². The topological polar surface area (TPSA) is 64.7 Å². The fourth-order valence-electron chi connectivity index (χ4n) is 2.51. The van der Waals surface area contributed by atoms with Crippen LogP contribution in [0.1, 0.15) is 21.7 Å². The summed E-state index contributed by atoms with van der Waals surface area (Å²) in [6, 6.07) is 4.99. The zero-order valence-corrected chi connectivity index (χ0v) is 17.4. The maximum absolute atomic E-state index is 13.0. The molecule has 13 heteroatoms. The Hall–Kier alpha value is -1.94. The molecule has 0 aliphatic rings. The molecule has 3 aromatic rings. The van der Waals surface area contributed by atoms with Crippen molar-refractivity contribution in [2.45, 2.75) is 12.7 Å². The van der Waals surface area contributed by atoms with Crippen molar-refractivity contribution < 1.29 is 18.0 Å². The molecule has 0 aliphatic heterocycles. The highest BCUT2D eigenvalue weighted by Gasteiger charge is 2.40. The highest BCUT2D eigenvalue weighted by molar-refractivity contribution is 6.42. The quantitative estimate of drug-likeness (QED) is 0.525. The molecular formula is C16H10Cl4F3N5O. The van der Waals surface area contributed by atoms with Crippen molar-refractivity contribution >= 4 is 58.1 Å². The molecule has 6 nitrogen and oxygen atoms in total. The lowest BCUT2D eigenvalue weighted by molar-refractivity contribution is -0.143. The van der Waals surface area contributed by atoms with Gasteiger partial charge in [0.25, 0.3) is 5.91 Å². The smallest absolute Gasteiger partial charge is 0.302 e. The normalized spacial score (nSPS) is 11.7. The van der Waals surface area contributed by atoms with E-state index in [0.717, 1.165) is 12.6 Å². The summed E-state index contributed by atoms with van der Waals surface area (Å²) < 4.78 is 40.9. The number of rotatable bonds is 4. The van der Waals surface area contributed by atoms with E-state index in [9.17, 15) is 18.0 Å². The molecule has 0 atom stereocenters. The minimum atomic E-state index is -4.77. The minimum Gasteiger partial charge on any atom is -0.302 e. The lowest BCUT2D eigenvalue weighted by atomic mass is 10.2. The molecule has 29 heavy (non-hydrogen) atoms. The number of aryl methyl sites for hydroxylation is 1. The molecule has 0 spiro atoms. The SMILES string of the molecule is Cn1nc(C(=O)Nc2nn(Cc3ccc(Cl)c(Cl)c3)cc2Cl)c(Cl)c1C(F)(F)F. The summed E-state index contributed by atoms with van der Waals surface area (Å²) in [6.07, 6.45) is -3.34. The first-order valence-corrected chi connectivity index (χ1v) is 9.26. The zero-order valence-electron chi connectivity index (χ0n) is 14.4. The molecule has 2 heterocycles. The van der Waals surface area contributed by atoms with Gasteiger partial charge in [-0.05, 0) is 17.7 Å². The van der Waals surface area contributed by atoms with Crippen LogP contribution in [0.15, 0.2) is 24.4 Å². The van der Waals surface area contributed by atoms with Gasteiger partial charge >= 0.3 is 6.18 Å². The van der Waals surface area contributed by atoms with Crippen LogP contribution in [-0.4, -0.2) is 25.5 Å². The number of benzene rings is 1. The van der Waals surface area contributed by atoms with E-state index in [-0.39, 0.29) is 17.4 Å². The van der Waals surface area contributed by atoms with Crippen LogP contribution in [0, 0.1) is 0 Å². The summed E-state index contributed by atoms with van der Waals surface area (Å²) in [5, 5.41) is 9.97. The van der Waals surface area contributed by atoms with Crippen LogP contribution in [0.3, 0.4) is 0 Å². The van der Waals surface area contributed by atoms with Gasteiger partial charge in [0.15, 0.2) is 17.2 Å². The van der Waals surface area contributed by atoms with Gasteiger partial charge in [-0.25, -0.2) is 0 Å². The van der Waals surface area contributed by atoms with Crippen molar-refractivity contribution in [3.8, 4) is 0 Å². The van der Waals surface area contributed by atoms with E-state index in [1.807, 2.05) is 0 Å². The summed E-state index contributed by atoms with van der Waals surface area (Å²) in [5.74, 6) is -1.05. The van der Waals surface area contributed by atoms with Crippen LogP contribution in [0.5, 0.6) is 0 Å². The highest BCUT2D eigenvalue weighted by atomic mass is 35.5. The van der Waals surface area contributed by atoms with E-state index < -0.39 is 28.5 Å². The maximum Gasteiger partial charge on any atom is 0.434 e. The average molecular weight is 487 g/mol. The van der Waals surface area contributed by atoms with Crippen molar-refractivity contribution in [2.24, 2.45) is 7.05 Å². The van der Waals surface area contributed by atoms with Crippen LogP contribution in [0.2, 0.25) is 20.1 Å². The van der Waals surface area contributed by atoms with Gasteiger partial charge in [0.05, 0.1) is 16.6 Å². The fourth-order valence-corrected chi connectivity index (χ4v) is 3.38. The van der Waals surface area contributed by atoms with Crippen molar-refractivity contribution in [3.63, 3.8) is 0 Å².